The molecule has 0 aliphatic heterocycles. The maximum absolute atomic E-state index is 11.2. The molecule has 0 amide bonds. The Labute approximate surface area is 127 Å². The van der Waals surface area contributed by atoms with Crippen LogP contribution in [-0.4, -0.2) is 11.1 Å². The molecule has 1 aromatic rings. The lowest BCUT2D eigenvalue weighted by molar-refractivity contribution is -0.132. The van der Waals surface area contributed by atoms with Gasteiger partial charge in [-0.05, 0) is 25.0 Å². The van der Waals surface area contributed by atoms with Crippen molar-refractivity contribution in [2.75, 3.05) is 5.73 Å². The van der Waals surface area contributed by atoms with Crippen LogP contribution in [0.25, 0.3) is 6.08 Å². The van der Waals surface area contributed by atoms with E-state index < -0.39 is 5.97 Å². The first kappa shape index (κ1) is 16.2. The lowest BCUT2D eigenvalue weighted by Crippen LogP contribution is -2.01. The summed E-state index contributed by atoms with van der Waals surface area (Å²) < 4.78 is 0. The van der Waals surface area contributed by atoms with Crippen molar-refractivity contribution in [3.8, 4) is 0 Å². The third kappa shape index (κ3) is 4.03. The Kier molecular flexibility index (Phi) is 5.98. The van der Waals surface area contributed by atoms with E-state index in [1.807, 2.05) is 6.92 Å². The van der Waals surface area contributed by atoms with Gasteiger partial charge in [0.2, 0.25) is 0 Å². The maximum Gasteiger partial charge on any atom is 0.331 e. The van der Waals surface area contributed by atoms with Crippen molar-refractivity contribution >= 4 is 52.5 Å². The molecule has 3 N–H and O–H groups in total. The quantitative estimate of drug-likeness (QED) is 0.599. The highest BCUT2D eigenvalue weighted by atomic mass is 35.5. The van der Waals surface area contributed by atoms with Crippen LogP contribution >= 0.6 is 34.8 Å². The highest BCUT2D eigenvalue weighted by Gasteiger charge is 2.14. The van der Waals surface area contributed by atoms with Gasteiger partial charge in [0.1, 0.15) is 0 Å². The van der Waals surface area contributed by atoms with Crippen LogP contribution in [0.5, 0.6) is 0 Å². The van der Waals surface area contributed by atoms with E-state index in [1.165, 1.54) is 12.1 Å². The van der Waals surface area contributed by atoms with Gasteiger partial charge in [0, 0.05) is 11.1 Å². The number of carbonyl (C=O) groups is 1. The molecule has 0 aromatic heterocycles. The van der Waals surface area contributed by atoms with Gasteiger partial charge in [0.05, 0.1) is 20.8 Å². The zero-order valence-corrected chi connectivity index (χ0v) is 12.6. The average Bonchev–Trinajstić information content (AvgIpc) is 2.35. The van der Waals surface area contributed by atoms with Gasteiger partial charge < -0.3 is 10.8 Å². The molecule has 104 valence electrons. The molecule has 0 bridgehead atoms. The Morgan fingerprint density at radius 3 is 2.53 bits per heavy atom. The van der Waals surface area contributed by atoms with Gasteiger partial charge in [-0.1, -0.05) is 48.1 Å². The fourth-order valence-electron chi connectivity index (χ4n) is 1.54. The molecule has 6 heteroatoms. The third-order valence-electron chi connectivity index (χ3n) is 2.63. The lowest BCUT2D eigenvalue weighted by Gasteiger charge is -2.09. The number of aliphatic carboxylic acids is 1. The zero-order valence-electron chi connectivity index (χ0n) is 10.3. The predicted octanol–water partition coefficient (Wildman–Crippen LogP) is 4.89. The summed E-state index contributed by atoms with van der Waals surface area (Å²) in [7, 11) is 0. The van der Waals surface area contributed by atoms with Crippen LogP contribution in [0, 0.1) is 0 Å². The highest BCUT2D eigenvalue weighted by Crippen LogP contribution is 2.37. The molecule has 1 aromatic carbocycles. The van der Waals surface area contributed by atoms with Crippen LogP contribution in [0.4, 0.5) is 5.69 Å². The number of rotatable bonds is 5. The van der Waals surface area contributed by atoms with E-state index in [0.717, 1.165) is 12.8 Å². The molecule has 0 saturated heterocycles. The molecule has 0 atom stereocenters. The van der Waals surface area contributed by atoms with Crippen LogP contribution < -0.4 is 5.73 Å². The first-order valence-corrected chi connectivity index (χ1v) is 6.88. The number of unbranched alkanes of at least 4 members (excludes halogenated alkanes) is 1. The molecule has 1 rings (SSSR count). The first-order valence-electron chi connectivity index (χ1n) is 5.75. The Bertz CT molecular complexity index is 527. The van der Waals surface area contributed by atoms with Gasteiger partial charge in [-0.3, -0.25) is 0 Å². The molecular weight excluding hydrogens is 309 g/mol. The van der Waals surface area contributed by atoms with Gasteiger partial charge >= 0.3 is 5.97 Å². The molecule has 0 unspecified atom stereocenters. The van der Waals surface area contributed by atoms with Gasteiger partial charge in [0.25, 0.3) is 0 Å². The minimum absolute atomic E-state index is 0.174. The number of nitrogen functional groups attached to an aromatic ring is 1. The second-order valence-corrected chi connectivity index (χ2v) is 5.25. The van der Waals surface area contributed by atoms with Gasteiger partial charge in [-0.15, -0.1) is 0 Å². The van der Waals surface area contributed by atoms with Crippen LogP contribution in [-0.2, 0) is 4.79 Å². The summed E-state index contributed by atoms with van der Waals surface area (Å²) in [5.41, 5.74) is 6.53. The highest BCUT2D eigenvalue weighted by molar-refractivity contribution is 6.43. The van der Waals surface area contributed by atoms with Gasteiger partial charge in [0.15, 0.2) is 0 Å². The molecule has 0 fully saturated rings. The number of nitrogens with two attached hydrogens (primary N) is 1. The van der Waals surface area contributed by atoms with Crippen molar-refractivity contribution in [2.45, 2.75) is 26.2 Å². The number of carboxylic acids is 1. The molecule has 0 saturated carbocycles. The zero-order chi connectivity index (χ0) is 14.6. The van der Waals surface area contributed by atoms with E-state index in [-0.39, 0.29) is 26.3 Å². The SMILES string of the molecule is CCCC/C(=C\c1c(Cl)cc(Cl)c(N)c1Cl)C(=O)O. The van der Waals surface area contributed by atoms with Crippen LogP contribution in [0.2, 0.25) is 15.1 Å². The predicted molar refractivity (Wildman–Crippen MR) is 81.0 cm³/mol. The van der Waals surface area contributed by atoms with E-state index in [1.54, 1.807) is 0 Å². The number of benzene rings is 1. The summed E-state index contributed by atoms with van der Waals surface area (Å²) in [5.74, 6) is -0.992. The monoisotopic (exact) mass is 321 g/mol. The Balaban J connectivity index is 3.28. The molecule has 3 nitrogen and oxygen atoms in total. The van der Waals surface area contributed by atoms with Gasteiger partial charge in [-0.2, -0.15) is 0 Å². The Morgan fingerprint density at radius 2 is 2.00 bits per heavy atom. The van der Waals surface area contributed by atoms with Crippen molar-refractivity contribution < 1.29 is 9.90 Å². The normalized spacial score (nSPS) is 11.7. The summed E-state index contributed by atoms with van der Waals surface area (Å²) in [6.07, 6.45) is 3.57. The second-order valence-electron chi connectivity index (χ2n) is 4.06. The largest absolute Gasteiger partial charge is 0.478 e. The van der Waals surface area contributed by atoms with Crippen molar-refractivity contribution in [1.82, 2.24) is 0 Å². The smallest absolute Gasteiger partial charge is 0.331 e. The lowest BCUT2D eigenvalue weighted by atomic mass is 10.0. The molecule has 0 spiro atoms. The molecule has 19 heavy (non-hydrogen) atoms. The Hall–Kier alpha value is -0.900. The van der Waals surface area contributed by atoms with E-state index in [4.69, 9.17) is 45.6 Å². The molecule has 0 radical (unpaired) electrons. The minimum atomic E-state index is -0.992. The average molecular weight is 323 g/mol. The minimum Gasteiger partial charge on any atom is -0.478 e. The summed E-state index contributed by atoms with van der Waals surface area (Å²) in [6, 6.07) is 1.45. The van der Waals surface area contributed by atoms with Crippen molar-refractivity contribution in [1.29, 1.82) is 0 Å². The number of anilines is 1. The third-order valence-corrected chi connectivity index (χ3v) is 3.67. The fraction of sp³-hybridized carbons (Fsp3) is 0.308. The summed E-state index contributed by atoms with van der Waals surface area (Å²) >= 11 is 17.9. The topological polar surface area (TPSA) is 63.3 Å². The Morgan fingerprint density at radius 1 is 1.37 bits per heavy atom. The van der Waals surface area contributed by atoms with Gasteiger partial charge in [-0.25, -0.2) is 4.79 Å². The summed E-state index contributed by atoms with van der Waals surface area (Å²) in [4.78, 5) is 11.2. The number of hydrogen-bond donors (Lipinski definition) is 2. The first-order chi connectivity index (χ1) is 8.88. The maximum atomic E-state index is 11.2. The second kappa shape index (κ2) is 7.04. The summed E-state index contributed by atoms with van der Waals surface area (Å²) in [6.45, 7) is 1.99. The van der Waals surface area contributed by atoms with Crippen LogP contribution in [0.1, 0.15) is 31.7 Å². The number of halogens is 3. The standard InChI is InChI=1S/C13H14Cl3NO2/c1-2-3-4-7(13(18)19)5-8-9(14)6-10(15)12(17)11(8)16/h5-6H,2-4,17H2,1H3,(H,18,19)/b7-5+. The van der Waals surface area contributed by atoms with Crippen molar-refractivity contribution in [3.05, 3.63) is 32.3 Å². The number of hydrogen-bond acceptors (Lipinski definition) is 2. The molecule has 0 aliphatic rings. The van der Waals surface area contributed by atoms with Crippen molar-refractivity contribution in [2.24, 2.45) is 0 Å². The summed E-state index contributed by atoms with van der Waals surface area (Å²) in [5, 5.41) is 9.85. The van der Waals surface area contributed by atoms with Crippen molar-refractivity contribution in [3.63, 3.8) is 0 Å². The molecular formula is C13H14Cl3NO2. The van der Waals surface area contributed by atoms with E-state index in [9.17, 15) is 4.79 Å². The van der Waals surface area contributed by atoms with E-state index in [0.29, 0.717) is 12.0 Å². The number of carboxylic acid groups (broad SMARTS) is 1. The van der Waals surface area contributed by atoms with Crippen LogP contribution in [0.15, 0.2) is 11.6 Å². The van der Waals surface area contributed by atoms with E-state index >= 15 is 0 Å². The van der Waals surface area contributed by atoms with E-state index in [2.05, 4.69) is 0 Å². The molecule has 0 aliphatic carbocycles. The molecule has 0 heterocycles. The fourth-order valence-corrected chi connectivity index (χ4v) is 2.41. The van der Waals surface area contributed by atoms with Crippen LogP contribution in [0.3, 0.4) is 0 Å².